The van der Waals surface area contributed by atoms with Crippen LogP contribution in [-0.2, 0) is 12.7 Å². The van der Waals surface area contributed by atoms with E-state index in [2.05, 4.69) is 20.2 Å². The van der Waals surface area contributed by atoms with Crippen molar-refractivity contribution in [2.24, 2.45) is 0 Å². The molecule has 1 aliphatic rings. The molecule has 4 aromatic rings. The first-order valence-corrected chi connectivity index (χ1v) is 11.7. The molecule has 5 rings (SSSR count). The smallest absolute Gasteiger partial charge is 0.416 e. The zero-order valence-electron chi connectivity index (χ0n) is 19.3. The molecule has 0 bridgehead atoms. The minimum Gasteiger partial charge on any atom is -0.439 e. The highest BCUT2D eigenvalue weighted by atomic mass is 19.4. The van der Waals surface area contributed by atoms with Crippen LogP contribution in [0.1, 0.15) is 30.5 Å². The molecule has 3 heterocycles. The molecule has 10 heteroatoms. The molecule has 0 aliphatic carbocycles. The summed E-state index contributed by atoms with van der Waals surface area (Å²) in [6, 6.07) is 12.7. The van der Waals surface area contributed by atoms with Crippen LogP contribution in [0.25, 0.3) is 10.9 Å². The third-order valence-electron chi connectivity index (χ3n) is 6.08. The number of alkyl halides is 3. The second-order valence-electron chi connectivity index (χ2n) is 8.70. The number of nitrogens with one attached hydrogen (secondary N) is 1. The van der Waals surface area contributed by atoms with E-state index in [4.69, 9.17) is 4.74 Å². The number of benzene rings is 2. The SMILES string of the molecule is O=C(Nc1cccc(C(F)(F)F)c1)n1ccc2cc(Oc3cc(CN4CCCCC4)ncn3)ccc21. The Hall–Kier alpha value is -3.92. The largest absolute Gasteiger partial charge is 0.439 e. The van der Waals surface area contributed by atoms with E-state index in [9.17, 15) is 18.0 Å². The lowest BCUT2D eigenvalue weighted by Crippen LogP contribution is -2.29. The van der Waals surface area contributed by atoms with Crippen molar-refractivity contribution in [3.8, 4) is 11.6 Å². The number of rotatable bonds is 5. The van der Waals surface area contributed by atoms with Crippen molar-refractivity contribution >= 4 is 22.6 Å². The number of piperidine rings is 1. The van der Waals surface area contributed by atoms with Gasteiger partial charge in [-0.15, -0.1) is 0 Å². The lowest BCUT2D eigenvalue weighted by atomic mass is 10.1. The highest BCUT2D eigenvalue weighted by molar-refractivity contribution is 5.98. The molecule has 1 aliphatic heterocycles. The Kier molecular flexibility index (Phi) is 6.60. The summed E-state index contributed by atoms with van der Waals surface area (Å²) in [5.41, 5.74) is 0.699. The molecule has 0 atom stereocenters. The Morgan fingerprint density at radius 1 is 1.00 bits per heavy atom. The molecule has 0 unspecified atom stereocenters. The quantitative estimate of drug-likeness (QED) is 0.351. The minimum absolute atomic E-state index is 0.0562. The van der Waals surface area contributed by atoms with Crippen LogP contribution in [0, 0.1) is 0 Å². The van der Waals surface area contributed by atoms with E-state index in [1.165, 1.54) is 42.3 Å². The molecule has 0 radical (unpaired) electrons. The highest BCUT2D eigenvalue weighted by Crippen LogP contribution is 2.31. The van der Waals surface area contributed by atoms with Crippen LogP contribution in [0.3, 0.4) is 0 Å². The molecular formula is C26H24F3N5O2. The third kappa shape index (κ3) is 5.49. The van der Waals surface area contributed by atoms with Crippen LogP contribution in [0.4, 0.5) is 23.7 Å². The number of fused-ring (bicyclic) bond motifs is 1. The van der Waals surface area contributed by atoms with Gasteiger partial charge in [-0.1, -0.05) is 12.5 Å². The lowest BCUT2D eigenvalue weighted by Gasteiger charge is -2.25. The number of hydrogen-bond acceptors (Lipinski definition) is 5. The summed E-state index contributed by atoms with van der Waals surface area (Å²) in [6.45, 7) is 2.88. The van der Waals surface area contributed by atoms with Crippen molar-refractivity contribution < 1.29 is 22.7 Å². The van der Waals surface area contributed by atoms with Gasteiger partial charge in [0.05, 0.1) is 16.8 Å². The van der Waals surface area contributed by atoms with Gasteiger partial charge in [0.2, 0.25) is 5.88 Å². The third-order valence-corrected chi connectivity index (χ3v) is 6.08. The van der Waals surface area contributed by atoms with E-state index in [0.29, 0.717) is 17.1 Å². The zero-order valence-corrected chi connectivity index (χ0v) is 19.3. The number of amides is 1. The lowest BCUT2D eigenvalue weighted by molar-refractivity contribution is -0.137. The maximum Gasteiger partial charge on any atom is 0.416 e. The number of aromatic nitrogens is 3. The molecule has 186 valence electrons. The molecule has 2 aromatic heterocycles. The Bertz CT molecular complexity index is 1380. The van der Waals surface area contributed by atoms with E-state index >= 15 is 0 Å². The molecule has 1 N–H and O–H groups in total. The Labute approximate surface area is 205 Å². The standard InChI is InChI=1S/C26H24F3N5O2/c27-26(28,29)19-5-4-6-20(14-19)32-25(35)34-12-9-18-13-22(7-8-23(18)34)36-24-15-21(30-17-31-24)16-33-10-2-1-3-11-33/h4-9,12-15,17H,1-3,10-11,16H2,(H,32,35). The average Bonchev–Trinajstić information content (AvgIpc) is 3.28. The first-order chi connectivity index (χ1) is 17.3. The molecule has 7 nitrogen and oxygen atoms in total. The van der Waals surface area contributed by atoms with Crippen LogP contribution in [0.2, 0.25) is 0 Å². The van der Waals surface area contributed by atoms with Crippen LogP contribution < -0.4 is 10.1 Å². The minimum atomic E-state index is -4.49. The van der Waals surface area contributed by atoms with E-state index < -0.39 is 17.8 Å². The fraction of sp³-hybridized carbons (Fsp3) is 0.269. The van der Waals surface area contributed by atoms with Crippen LogP contribution in [0.15, 0.2) is 67.1 Å². The number of carbonyl (C=O) groups is 1. The van der Waals surface area contributed by atoms with Crippen molar-refractivity contribution in [1.82, 2.24) is 19.4 Å². The molecule has 36 heavy (non-hydrogen) atoms. The van der Waals surface area contributed by atoms with Crippen LogP contribution in [-0.4, -0.2) is 38.6 Å². The van der Waals surface area contributed by atoms with Gasteiger partial charge in [-0.2, -0.15) is 13.2 Å². The maximum atomic E-state index is 13.0. The van der Waals surface area contributed by atoms with Crippen molar-refractivity contribution in [2.45, 2.75) is 32.0 Å². The molecule has 0 saturated carbocycles. The van der Waals surface area contributed by atoms with Gasteiger partial charge in [0.15, 0.2) is 0 Å². The first-order valence-electron chi connectivity index (χ1n) is 11.7. The zero-order chi connectivity index (χ0) is 25.1. The van der Waals surface area contributed by atoms with Gasteiger partial charge in [-0.05, 0) is 68.4 Å². The molecule has 2 aromatic carbocycles. The number of hydrogen-bond donors (Lipinski definition) is 1. The van der Waals surface area contributed by atoms with Gasteiger partial charge in [0, 0.05) is 29.9 Å². The average molecular weight is 496 g/mol. The van der Waals surface area contributed by atoms with Crippen molar-refractivity contribution in [2.75, 3.05) is 18.4 Å². The fourth-order valence-electron chi connectivity index (χ4n) is 4.30. The van der Waals surface area contributed by atoms with Gasteiger partial charge in [-0.25, -0.2) is 14.8 Å². The molecule has 1 saturated heterocycles. The Morgan fingerprint density at radius 3 is 2.64 bits per heavy atom. The first kappa shape index (κ1) is 23.8. The van der Waals surface area contributed by atoms with Crippen molar-refractivity contribution in [3.05, 3.63) is 78.4 Å². The topological polar surface area (TPSA) is 72.3 Å². The van der Waals surface area contributed by atoms with Gasteiger partial charge in [0.1, 0.15) is 12.1 Å². The monoisotopic (exact) mass is 495 g/mol. The van der Waals surface area contributed by atoms with E-state index in [1.807, 2.05) is 6.07 Å². The molecule has 0 spiro atoms. The summed E-state index contributed by atoms with van der Waals surface area (Å²) in [4.78, 5) is 23.7. The second-order valence-corrected chi connectivity index (χ2v) is 8.70. The predicted molar refractivity (Wildman–Crippen MR) is 129 cm³/mol. The molecular weight excluding hydrogens is 471 g/mol. The number of ether oxygens (including phenoxy) is 1. The summed E-state index contributed by atoms with van der Waals surface area (Å²) in [7, 11) is 0. The fourth-order valence-corrected chi connectivity index (χ4v) is 4.30. The summed E-state index contributed by atoms with van der Waals surface area (Å²) >= 11 is 0. The normalized spacial score (nSPS) is 14.6. The van der Waals surface area contributed by atoms with Crippen LogP contribution in [0.5, 0.6) is 11.6 Å². The number of halogens is 3. The van der Waals surface area contributed by atoms with E-state index in [1.54, 1.807) is 30.5 Å². The molecule has 1 amide bonds. The van der Waals surface area contributed by atoms with E-state index in [-0.39, 0.29) is 5.69 Å². The number of nitrogens with zero attached hydrogens (tertiary/aromatic N) is 4. The van der Waals surface area contributed by atoms with Gasteiger partial charge >= 0.3 is 12.2 Å². The summed E-state index contributed by atoms with van der Waals surface area (Å²) in [6.07, 6.45) is 2.22. The summed E-state index contributed by atoms with van der Waals surface area (Å²) in [5.74, 6) is 0.972. The maximum absolute atomic E-state index is 13.0. The second kappa shape index (κ2) is 9.98. The van der Waals surface area contributed by atoms with Gasteiger partial charge in [0.25, 0.3) is 0 Å². The van der Waals surface area contributed by atoms with E-state index in [0.717, 1.165) is 42.8 Å². The Balaban J connectivity index is 1.29. The van der Waals surface area contributed by atoms with Crippen LogP contribution >= 0.6 is 0 Å². The van der Waals surface area contributed by atoms with Crippen molar-refractivity contribution in [1.29, 1.82) is 0 Å². The molecule has 1 fully saturated rings. The van der Waals surface area contributed by atoms with Gasteiger partial charge < -0.3 is 10.1 Å². The van der Waals surface area contributed by atoms with Crippen molar-refractivity contribution in [3.63, 3.8) is 0 Å². The number of carbonyl (C=O) groups excluding carboxylic acids is 1. The number of likely N-dealkylation sites (tertiary alicyclic amines) is 1. The number of anilines is 1. The summed E-state index contributed by atoms with van der Waals surface area (Å²) in [5, 5.41) is 3.25. The summed E-state index contributed by atoms with van der Waals surface area (Å²) < 4.78 is 46.2. The van der Waals surface area contributed by atoms with Gasteiger partial charge in [-0.3, -0.25) is 9.47 Å². The highest BCUT2D eigenvalue weighted by Gasteiger charge is 2.30. The predicted octanol–water partition coefficient (Wildman–Crippen LogP) is 6.31. The Morgan fingerprint density at radius 2 is 1.83 bits per heavy atom.